The number of hydrogen-bond donors (Lipinski definition) is 1. The number of amides is 1. The summed E-state index contributed by atoms with van der Waals surface area (Å²) >= 11 is 0. The van der Waals surface area contributed by atoms with Gasteiger partial charge in [0.05, 0.1) is 5.41 Å². The molecule has 0 radical (unpaired) electrons. The van der Waals surface area contributed by atoms with Gasteiger partial charge in [-0.3, -0.25) is 4.79 Å². The van der Waals surface area contributed by atoms with E-state index in [4.69, 9.17) is 9.47 Å². The van der Waals surface area contributed by atoms with Crippen molar-refractivity contribution in [1.29, 1.82) is 0 Å². The van der Waals surface area contributed by atoms with E-state index in [2.05, 4.69) is 41.4 Å². The molecule has 1 fully saturated rings. The monoisotopic (exact) mass is 382 g/mol. The first-order valence-electron chi connectivity index (χ1n) is 9.83. The van der Waals surface area contributed by atoms with E-state index < -0.39 is 5.41 Å². The van der Waals surface area contributed by atoms with Crippen LogP contribution in [0.3, 0.4) is 0 Å². The lowest BCUT2D eigenvalue weighted by Crippen LogP contribution is -2.44. The third kappa shape index (κ3) is 4.91. The highest BCUT2D eigenvalue weighted by molar-refractivity contribution is 5.99. The van der Waals surface area contributed by atoms with E-state index in [-0.39, 0.29) is 5.91 Å². The highest BCUT2D eigenvalue weighted by Gasteiger charge is 2.41. The minimum atomic E-state index is -0.549. The van der Waals surface area contributed by atoms with Crippen molar-refractivity contribution in [3.05, 3.63) is 59.7 Å². The fourth-order valence-electron chi connectivity index (χ4n) is 3.47. The van der Waals surface area contributed by atoms with Gasteiger partial charge in [0, 0.05) is 25.4 Å². The van der Waals surface area contributed by atoms with E-state index in [1.165, 1.54) is 5.56 Å². The molecule has 28 heavy (non-hydrogen) atoms. The van der Waals surface area contributed by atoms with Crippen LogP contribution in [0, 0.1) is 6.92 Å². The van der Waals surface area contributed by atoms with Gasteiger partial charge in [-0.25, -0.2) is 0 Å². The van der Waals surface area contributed by atoms with E-state index in [1.807, 2.05) is 38.4 Å². The second kappa shape index (κ2) is 9.22. The molecule has 0 atom stereocenters. The predicted octanol–water partition coefficient (Wildman–Crippen LogP) is 3.62. The predicted molar refractivity (Wildman–Crippen MR) is 112 cm³/mol. The van der Waals surface area contributed by atoms with Crippen molar-refractivity contribution < 1.29 is 14.3 Å². The summed E-state index contributed by atoms with van der Waals surface area (Å²) in [6.07, 6.45) is 1.38. The summed E-state index contributed by atoms with van der Waals surface area (Å²) in [5.74, 6) is 0.833. The van der Waals surface area contributed by atoms with Crippen LogP contribution in [0.4, 0.5) is 5.69 Å². The van der Waals surface area contributed by atoms with Gasteiger partial charge in [-0.05, 0) is 63.7 Å². The number of aryl methyl sites for hydroxylation is 1. The maximum Gasteiger partial charge on any atom is 0.235 e. The first kappa shape index (κ1) is 20.4. The molecule has 5 heteroatoms. The summed E-state index contributed by atoms with van der Waals surface area (Å²) in [6, 6.07) is 15.9. The summed E-state index contributed by atoms with van der Waals surface area (Å²) in [5.41, 5.74) is 2.48. The first-order chi connectivity index (χ1) is 13.5. The Bertz CT molecular complexity index is 763. The van der Waals surface area contributed by atoms with Crippen molar-refractivity contribution in [1.82, 2.24) is 4.90 Å². The SMILES string of the molecule is Cc1ccc(C2(C(=O)Nc3ccc(OCCN(C)C)cc3)CCOCC2)cc1. The molecular formula is C23H30N2O3. The van der Waals surface area contributed by atoms with E-state index in [0.29, 0.717) is 32.7 Å². The van der Waals surface area contributed by atoms with Crippen molar-refractivity contribution in [3.63, 3.8) is 0 Å². The van der Waals surface area contributed by atoms with E-state index >= 15 is 0 Å². The zero-order valence-electron chi connectivity index (χ0n) is 17.0. The summed E-state index contributed by atoms with van der Waals surface area (Å²) in [5, 5.41) is 3.11. The Kier molecular flexibility index (Phi) is 6.70. The normalized spacial score (nSPS) is 16.0. The third-order valence-electron chi connectivity index (χ3n) is 5.30. The van der Waals surface area contributed by atoms with E-state index in [9.17, 15) is 4.79 Å². The fraction of sp³-hybridized carbons (Fsp3) is 0.435. The summed E-state index contributed by atoms with van der Waals surface area (Å²) in [6.45, 7) is 4.75. The Labute approximate surface area is 167 Å². The minimum absolute atomic E-state index is 0.0286. The summed E-state index contributed by atoms with van der Waals surface area (Å²) < 4.78 is 11.3. The van der Waals surface area contributed by atoms with Gasteiger partial charge >= 0.3 is 0 Å². The van der Waals surface area contributed by atoms with Crippen molar-refractivity contribution in [2.75, 3.05) is 45.8 Å². The third-order valence-corrected chi connectivity index (χ3v) is 5.30. The van der Waals surface area contributed by atoms with Gasteiger partial charge in [0.25, 0.3) is 0 Å². The fourth-order valence-corrected chi connectivity index (χ4v) is 3.47. The average molecular weight is 383 g/mol. The smallest absolute Gasteiger partial charge is 0.235 e. The minimum Gasteiger partial charge on any atom is -0.492 e. The molecule has 5 nitrogen and oxygen atoms in total. The lowest BCUT2D eigenvalue weighted by atomic mass is 9.73. The number of likely N-dealkylation sites (N-methyl/N-ethyl adjacent to an activating group) is 1. The van der Waals surface area contributed by atoms with Gasteiger partial charge in [-0.2, -0.15) is 0 Å². The number of anilines is 1. The number of carbonyl (C=O) groups excluding carboxylic acids is 1. The van der Waals surface area contributed by atoms with Gasteiger partial charge in [0.2, 0.25) is 5.91 Å². The lowest BCUT2D eigenvalue weighted by molar-refractivity contribution is -0.125. The second-order valence-electron chi connectivity index (χ2n) is 7.69. The molecule has 150 valence electrons. The van der Waals surface area contributed by atoms with E-state index in [0.717, 1.165) is 23.5 Å². The van der Waals surface area contributed by atoms with Gasteiger partial charge < -0.3 is 19.7 Å². The number of benzene rings is 2. The van der Waals surface area contributed by atoms with Crippen LogP contribution in [0.5, 0.6) is 5.75 Å². The van der Waals surface area contributed by atoms with Crippen LogP contribution < -0.4 is 10.1 Å². The standard InChI is InChI=1S/C23H30N2O3/c1-18-4-6-19(7-5-18)23(12-15-27-16-13-23)22(26)24-20-8-10-21(11-9-20)28-17-14-25(2)3/h4-11H,12-17H2,1-3H3,(H,24,26). The molecule has 2 aromatic rings. The number of nitrogens with one attached hydrogen (secondary N) is 1. The van der Waals surface area contributed by atoms with Gasteiger partial charge in [-0.1, -0.05) is 29.8 Å². The van der Waals surface area contributed by atoms with Crippen LogP contribution in [0.25, 0.3) is 0 Å². The largest absolute Gasteiger partial charge is 0.492 e. The van der Waals surface area contributed by atoms with Gasteiger partial charge in [0.1, 0.15) is 12.4 Å². The van der Waals surface area contributed by atoms with Crippen molar-refractivity contribution in [2.45, 2.75) is 25.2 Å². The summed E-state index contributed by atoms with van der Waals surface area (Å²) in [7, 11) is 4.03. The Balaban J connectivity index is 1.71. The Morgan fingerprint density at radius 1 is 1.07 bits per heavy atom. The maximum absolute atomic E-state index is 13.3. The molecule has 0 saturated carbocycles. The van der Waals surface area contributed by atoms with Gasteiger partial charge in [0.15, 0.2) is 0 Å². The molecule has 1 heterocycles. The van der Waals surface area contributed by atoms with Gasteiger partial charge in [-0.15, -0.1) is 0 Å². The summed E-state index contributed by atoms with van der Waals surface area (Å²) in [4.78, 5) is 15.4. The highest BCUT2D eigenvalue weighted by Crippen LogP contribution is 2.36. The Morgan fingerprint density at radius 3 is 2.32 bits per heavy atom. The molecule has 0 unspecified atom stereocenters. The topological polar surface area (TPSA) is 50.8 Å². The molecule has 1 aliphatic rings. The number of nitrogens with zero attached hydrogens (tertiary/aromatic N) is 1. The number of ether oxygens (including phenoxy) is 2. The van der Waals surface area contributed by atoms with Crippen LogP contribution in [-0.4, -0.2) is 51.3 Å². The van der Waals surface area contributed by atoms with Crippen molar-refractivity contribution in [2.24, 2.45) is 0 Å². The zero-order valence-corrected chi connectivity index (χ0v) is 17.0. The Morgan fingerprint density at radius 2 is 1.71 bits per heavy atom. The molecule has 0 aliphatic carbocycles. The van der Waals surface area contributed by atoms with Crippen LogP contribution in [0.15, 0.2) is 48.5 Å². The molecule has 0 spiro atoms. The number of carbonyl (C=O) groups is 1. The molecule has 1 amide bonds. The van der Waals surface area contributed by atoms with Crippen LogP contribution in [0.2, 0.25) is 0 Å². The Hall–Kier alpha value is -2.37. The average Bonchev–Trinajstić information content (AvgIpc) is 2.70. The van der Waals surface area contributed by atoms with E-state index in [1.54, 1.807) is 0 Å². The molecule has 1 N–H and O–H groups in total. The zero-order chi connectivity index (χ0) is 20.0. The van der Waals surface area contributed by atoms with Crippen LogP contribution in [-0.2, 0) is 14.9 Å². The quantitative estimate of drug-likeness (QED) is 0.795. The van der Waals surface area contributed by atoms with Crippen LogP contribution in [0.1, 0.15) is 24.0 Å². The maximum atomic E-state index is 13.3. The van der Waals surface area contributed by atoms with Crippen molar-refractivity contribution >= 4 is 11.6 Å². The molecule has 0 bridgehead atoms. The van der Waals surface area contributed by atoms with Crippen LogP contribution >= 0.6 is 0 Å². The number of rotatable bonds is 7. The molecule has 1 aliphatic heterocycles. The molecule has 2 aromatic carbocycles. The lowest BCUT2D eigenvalue weighted by Gasteiger charge is -2.36. The highest BCUT2D eigenvalue weighted by atomic mass is 16.5. The number of hydrogen-bond acceptors (Lipinski definition) is 4. The molecule has 0 aromatic heterocycles. The van der Waals surface area contributed by atoms with Crippen molar-refractivity contribution in [3.8, 4) is 5.75 Å². The molecule has 1 saturated heterocycles. The molecular weight excluding hydrogens is 352 g/mol. The first-order valence-corrected chi connectivity index (χ1v) is 9.83. The second-order valence-corrected chi connectivity index (χ2v) is 7.69. The molecule has 3 rings (SSSR count).